The third kappa shape index (κ3) is 2.90. The van der Waals surface area contributed by atoms with Crippen molar-refractivity contribution in [2.45, 2.75) is 13.1 Å². The van der Waals surface area contributed by atoms with E-state index in [2.05, 4.69) is 5.32 Å². The largest absolute Gasteiger partial charge is 0.507 e. The first kappa shape index (κ1) is 13.6. The van der Waals surface area contributed by atoms with E-state index >= 15 is 0 Å². The first-order valence-electron chi connectivity index (χ1n) is 6.39. The number of ether oxygens (including phenoxy) is 2. The predicted octanol–water partition coefficient (Wildman–Crippen LogP) is 2.69. The molecule has 0 atom stereocenters. The van der Waals surface area contributed by atoms with Crippen LogP contribution in [0.15, 0.2) is 30.3 Å². The van der Waals surface area contributed by atoms with E-state index in [0.717, 1.165) is 6.07 Å². The zero-order valence-electron chi connectivity index (χ0n) is 11.0. The Bertz CT molecular complexity index is 676. The van der Waals surface area contributed by atoms with Crippen LogP contribution in [-0.2, 0) is 13.1 Å². The van der Waals surface area contributed by atoms with Gasteiger partial charge in [-0.1, -0.05) is 6.07 Å². The summed E-state index contributed by atoms with van der Waals surface area (Å²) in [5, 5.41) is 12.9. The highest BCUT2D eigenvalue weighted by atomic mass is 19.1. The van der Waals surface area contributed by atoms with E-state index in [0.29, 0.717) is 29.2 Å². The average Bonchev–Trinajstić information content (AvgIpc) is 2.88. The summed E-state index contributed by atoms with van der Waals surface area (Å²) in [4.78, 5) is 0. The molecule has 1 heterocycles. The van der Waals surface area contributed by atoms with Crippen LogP contribution in [0.25, 0.3) is 0 Å². The number of phenolic OH excluding ortho intramolecular Hbond substituents is 1. The predicted molar refractivity (Wildman–Crippen MR) is 71.1 cm³/mol. The third-order valence-corrected chi connectivity index (χ3v) is 3.22. The fourth-order valence-corrected chi connectivity index (χ4v) is 2.11. The summed E-state index contributed by atoms with van der Waals surface area (Å²) in [5.74, 6) is -0.0632. The summed E-state index contributed by atoms with van der Waals surface area (Å²) in [7, 11) is 0. The lowest BCUT2D eigenvalue weighted by atomic mass is 10.1. The molecular formula is C15H13F2NO3. The van der Waals surface area contributed by atoms with Gasteiger partial charge in [0.05, 0.1) is 0 Å². The molecule has 0 saturated heterocycles. The number of nitrogens with one attached hydrogen (secondary N) is 1. The normalized spacial score (nSPS) is 12.7. The van der Waals surface area contributed by atoms with Crippen molar-refractivity contribution in [3.63, 3.8) is 0 Å². The molecule has 1 aliphatic heterocycles. The van der Waals surface area contributed by atoms with Crippen LogP contribution in [0.3, 0.4) is 0 Å². The molecular weight excluding hydrogens is 280 g/mol. The van der Waals surface area contributed by atoms with Gasteiger partial charge in [-0.3, -0.25) is 0 Å². The van der Waals surface area contributed by atoms with E-state index in [9.17, 15) is 13.9 Å². The second kappa shape index (κ2) is 5.57. The molecule has 2 aromatic rings. The van der Waals surface area contributed by atoms with Gasteiger partial charge < -0.3 is 19.9 Å². The monoisotopic (exact) mass is 293 g/mol. The Morgan fingerprint density at radius 2 is 1.71 bits per heavy atom. The molecule has 21 heavy (non-hydrogen) atoms. The van der Waals surface area contributed by atoms with Crippen LogP contribution in [0, 0.1) is 11.6 Å². The highest BCUT2D eigenvalue weighted by Gasteiger charge is 2.16. The maximum atomic E-state index is 13.5. The lowest BCUT2D eigenvalue weighted by Gasteiger charge is -2.09. The summed E-state index contributed by atoms with van der Waals surface area (Å²) in [6.45, 7) is 0.672. The molecule has 2 N–H and O–H groups in total. The summed E-state index contributed by atoms with van der Waals surface area (Å²) in [6.07, 6.45) is 0. The molecule has 0 bridgehead atoms. The van der Waals surface area contributed by atoms with Crippen LogP contribution >= 0.6 is 0 Å². The summed E-state index contributed by atoms with van der Waals surface area (Å²) >= 11 is 0. The van der Waals surface area contributed by atoms with E-state index in [4.69, 9.17) is 9.47 Å². The van der Waals surface area contributed by atoms with Crippen molar-refractivity contribution >= 4 is 0 Å². The molecule has 0 unspecified atom stereocenters. The van der Waals surface area contributed by atoms with E-state index in [1.54, 1.807) is 6.07 Å². The first-order valence-corrected chi connectivity index (χ1v) is 6.39. The molecule has 0 fully saturated rings. The van der Waals surface area contributed by atoms with Gasteiger partial charge in [-0.05, 0) is 12.1 Å². The lowest BCUT2D eigenvalue weighted by molar-refractivity contribution is 0.174. The number of phenols is 1. The van der Waals surface area contributed by atoms with Gasteiger partial charge >= 0.3 is 0 Å². The first-order chi connectivity index (χ1) is 10.1. The molecule has 0 spiro atoms. The molecule has 0 amide bonds. The second-order valence-electron chi connectivity index (χ2n) is 4.67. The van der Waals surface area contributed by atoms with Crippen molar-refractivity contribution in [2.75, 3.05) is 6.79 Å². The van der Waals surface area contributed by atoms with Gasteiger partial charge in [-0.2, -0.15) is 0 Å². The molecule has 0 aliphatic carbocycles. The van der Waals surface area contributed by atoms with Crippen LogP contribution in [0.4, 0.5) is 8.78 Å². The molecule has 6 heteroatoms. The van der Waals surface area contributed by atoms with E-state index in [1.807, 2.05) is 0 Å². The van der Waals surface area contributed by atoms with Gasteiger partial charge in [0.2, 0.25) is 6.79 Å². The summed E-state index contributed by atoms with van der Waals surface area (Å²) in [5.41, 5.74) is 0.971. The zero-order chi connectivity index (χ0) is 14.8. The van der Waals surface area contributed by atoms with Crippen molar-refractivity contribution in [3.8, 4) is 17.2 Å². The Kier molecular flexibility index (Phi) is 3.62. The Labute approximate surface area is 119 Å². The van der Waals surface area contributed by atoms with Gasteiger partial charge in [0.15, 0.2) is 11.5 Å². The van der Waals surface area contributed by atoms with Crippen molar-refractivity contribution < 1.29 is 23.4 Å². The zero-order valence-corrected chi connectivity index (χ0v) is 11.0. The Morgan fingerprint density at radius 1 is 1.00 bits per heavy atom. The maximum absolute atomic E-state index is 13.5. The van der Waals surface area contributed by atoms with Crippen LogP contribution in [-0.4, -0.2) is 11.9 Å². The number of aromatic hydroxyl groups is 1. The van der Waals surface area contributed by atoms with Gasteiger partial charge in [0.1, 0.15) is 17.4 Å². The Morgan fingerprint density at radius 3 is 2.48 bits per heavy atom. The topological polar surface area (TPSA) is 50.7 Å². The fourth-order valence-electron chi connectivity index (χ4n) is 2.11. The standard InChI is InChI=1S/C15H13F2NO3/c16-11-2-1-9(12(17)4-11)6-18-7-10-3-14-15(5-13(10)19)21-8-20-14/h1-5,18-19H,6-8H2. The average molecular weight is 293 g/mol. The van der Waals surface area contributed by atoms with Crippen LogP contribution < -0.4 is 14.8 Å². The lowest BCUT2D eigenvalue weighted by Crippen LogP contribution is -2.14. The van der Waals surface area contributed by atoms with E-state index in [-0.39, 0.29) is 19.1 Å². The number of halogens is 2. The van der Waals surface area contributed by atoms with E-state index < -0.39 is 11.6 Å². The number of benzene rings is 2. The number of rotatable bonds is 4. The van der Waals surface area contributed by atoms with Gasteiger partial charge in [0.25, 0.3) is 0 Å². The molecule has 4 nitrogen and oxygen atoms in total. The quantitative estimate of drug-likeness (QED) is 0.910. The van der Waals surface area contributed by atoms with Crippen molar-refractivity contribution in [3.05, 3.63) is 53.1 Å². The Hall–Kier alpha value is -2.34. The van der Waals surface area contributed by atoms with Crippen LogP contribution in [0.2, 0.25) is 0 Å². The Balaban J connectivity index is 1.65. The van der Waals surface area contributed by atoms with Gasteiger partial charge in [-0.25, -0.2) is 8.78 Å². The highest BCUT2D eigenvalue weighted by molar-refractivity contribution is 5.51. The summed E-state index contributed by atoms with van der Waals surface area (Å²) in [6, 6.07) is 6.59. The number of fused-ring (bicyclic) bond motifs is 1. The van der Waals surface area contributed by atoms with Crippen molar-refractivity contribution in [2.24, 2.45) is 0 Å². The second-order valence-corrected chi connectivity index (χ2v) is 4.67. The minimum Gasteiger partial charge on any atom is -0.507 e. The van der Waals surface area contributed by atoms with E-state index in [1.165, 1.54) is 18.2 Å². The highest BCUT2D eigenvalue weighted by Crippen LogP contribution is 2.37. The van der Waals surface area contributed by atoms with Gasteiger partial charge in [-0.15, -0.1) is 0 Å². The molecule has 1 aliphatic rings. The third-order valence-electron chi connectivity index (χ3n) is 3.22. The van der Waals surface area contributed by atoms with Crippen LogP contribution in [0.5, 0.6) is 17.2 Å². The molecule has 0 radical (unpaired) electrons. The van der Waals surface area contributed by atoms with Crippen molar-refractivity contribution in [1.29, 1.82) is 0 Å². The molecule has 2 aromatic carbocycles. The number of hydrogen-bond acceptors (Lipinski definition) is 4. The van der Waals surface area contributed by atoms with Crippen molar-refractivity contribution in [1.82, 2.24) is 5.32 Å². The van der Waals surface area contributed by atoms with Gasteiger partial charge in [0, 0.05) is 36.3 Å². The molecule has 0 saturated carbocycles. The minimum atomic E-state index is -0.607. The molecule has 110 valence electrons. The molecule has 0 aromatic heterocycles. The SMILES string of the molecule is Oc1cc2c(cc1CNCc1ccc(F)cc1F)OCO2. The maximum Gasteiger partial charge on any atom is 0.231 e. The summed E-state index contributed by atoms with van der Waals surface area (Å²) < 4.78 is 36.6. The minimum absolute atomic E-state index is 0.0753. The van der Waals surface area contributed by atoms with Crippen LogP contribution in [0.1, 0.15) is 11.1 Å². The molecule has 3 rings (SSSR count). The smallest absolute Gasteiger partial charge is 0.231 e. The number of hydrogen-bond donors (Lipinski definition) is 2. The fraction of sp³-hybridized carbons (Fsp3) is 0.200.